The van der Waals surface area contributed by atoms with Gasteiger partial charge in [-0.05, 0) is 115 Å². The van der Waals surface area contributed by atoms with E-state index in [1.54, 1.807) is 0 Å². The lowest BCUT2D eigenvalue weighted by Crippen LogP contribution is -2.15. The Morgan fingerprint density at radius 3 is 1.39 bits per heavy atom. The third kappa shape index (κ3) is 6.11. The monoisotopic (exact) mass is 857 g/mol. The van der Waals surface area contributed by atoms with Crippen molar-refractivity contribution in [1.82, 2.24) is 14.5 Å². The van der Waals surface area contributed by atoms with Crippen molar-refractivity contribution in [3.05, 3.63) is 235 Å². The summed E-state index contributed by atoms with van der Waals surface area (Å²) in [6, 6.07) is 77.6. The molecular weight excluding hydrogens is 811 g/mol. The van der Waals surface area contributed by atoms with E-state index in [4.69, 9.17) is 9.97 Å². The zero-order valence-electron chi connectivity index (χ0n) is 38.0. The third-order valence-electron chi connectivity index (χ3n) is 14.8. The van der Waals surface area contributed by atoms with Crippen molar-refractivity contribution in [3.8, 4) is 84.1 Å². The zero-order chi connectivity index (χ0) is 45.0. The van der Waals surface area contributed by atoms with Crippen LogP contribution in [0.25, 0.3) is 106 Å². The molecule has 9 aromatic carbocycles. The van der Waals surface area contributed by atoms with Crippen LogP contribution in [0.1, 0.15) is 49.9 Å². The van der Waals surface area contributed by atoms with Crippen molar-refractivity contribution >= 4 is 21.8 Å². The second kappa shape index (κ2) is 14.7. The molecule has 0 saturated heterocycles. The molecule has 318 valence electrons. The first-order chi connectivity index (χ1) is 32.7. The second-order valence-electron chi connectivity index (χ2n) is 19.4. The quantitative estimate of drug-likeness (QED) is 0.167. The smallest absolute Gasteiger partial charge is 0.160 e. The van der Waals surface area contributed by atoms with Gasteiger partial charge >= 0.3 is 0 Å². The maximum atomic E-state index is 5.56. The number of hydrogen-bond donors (Lipinski definition) is 0. The fourth-order valence-electron chi connectivity index (χ4n) is 11.3. The molecule has 0 N–H and O–H groups in total. The van der Waals surface area contributed by atoms with Gasteiger partial charge in [-0.2, -0.15) is 0 Å². The van der Waals surface area contributed by atoms with Gasteiger partial charge < -0.3 is 4.57 Å². The van der Waals surface area contributed by atoms with E-state index in [2.05, 4.69) is 245 Å². The number of rotatable bonds is 6. The van der Waals surface area contributed by atoms with Crippen molar-refractivity contribution in [3.63, 3.8) is 0 Å². The van der Waals surface area contributed by atoms with Crippen molar-refractivity contribution in [1.29, 1.82) is 0 Å². The van der Waals surface area contributed by atoms with Crippen LogP contribution in [0.15, 0.2) is 212 Å². The number of fused-ring (bicyclic) bond motifs is 9. The highest BCUT2D eigenvalue weighted by Gasteiger charge is 2.36. The summed E-state index contributed by atoms with van der Waals surface area (Å²) in [4.78, 5) is 11.1. The predicted molar refractivity (Wildman–Crippen MR) is 279 cm³/mol. The Hall–Kier alpha value is -8.14. The molecule has 0 radical (unpaired) electrons. The molecule has 0 saturated carbocycles. The highest BCUT2D eigenvalue weighted by Crippen LogP contribution is 2.51. The highest BCUT2D eigenvalue weighted by atomic mass is 15.0. The van der Waals surface area contributed by atoms with Gasteiger partial charge in [-0.15, -0.1) is 0 Å². The zero-order valence-corrected chi connectivity index (χ0v) is 38.0. The molecule has 2 aliphatic carbocycles. The van der Waals surface area contributed by atoms with Crippen molar-refractivity contribution < 1.29 is 0 Å². The molecule has 2 aliphatic rings. The van der Waals surface area contributed by atoms with E-state index in [0.29, 0.717) is 5.82 Å². The van der Waals surface area contributed by atoms with Crippen LogP contribution < -0.4 is 0 Å². The number of hydrogen-bond acceptors (Lipinski definition) is 2. The summed E-state index contributed by atoms with van der Waals surface area (Å²) in [6.07, 6.45) is 0. The summed E-state index contributed by atoms with van der Waals surface area (Å²) >= 11 is 0. The maximum Gasteiger partial charge on any atom is 0.160 e. The molecule has 2 aromatic heterocycles. The lowest BCUT2D eigenvalue weighted by Gasteiger charge is -2.22. The number of para-hydroxylation sites is 2. The maximum absolute atomic E-state index is 5.56. The van der Waals surface area contributed by atoms with E-state index in [1.165, 1.54) is 66.4 Å². The van der Waals surface area contributed by atoms with Crippen molar-refractivity contribution in [2.24, 2.45) is 0 Å². The van der Waals surface area contributed by atoms with Crippen LogP contribution in [0, 0.1) is 0 Å². The summed E-state index contributed by atoms with van der Waals surface area (Å²) in [5.41, 5.74) is 23.2. The number of nitrogens with zero attached hydrogens (tertiary/aromatic N) is 3. The Kier molecular flexibility index (Phi) is 8.60. The molecule has 0 atom stereocenters. The molecule has 2 heterocycles. The average Bonchev–Trinajstić information content (AvgIpc) is 3.93. The first kappa shape index (κ1) is 39.2. The molecule has 0 bridgehead atoms. The van der Waals surface area contributed by atoms with Crippen LogP contribution >= 0.6 is 0 Å². The SMILES string of the molecule is CC1(C)c2ccccc2-c2ccc(-c3cc(-c4nc(-c5ccc(-c6ccccc6)cc5)cc(-c5ccc6c(c5)C(C)(C)c5ccccc5-6)n4)cc(-n4c5ccccc5c5ccccc54)c3)cc21. The lowest BCUT2D eigenvalue weighted by atomic mass is 9.81. The fraction of sp³-hybridized carbons (Fsp3) is 0.0938. The molecule has 11 aromatic rings. The first-order valence-electron chi connectivity index (χ1n) is 23.4. The van der Waals surface area contributed by atoms with Crippen LogP contribution in [0.5, 0.6) is 0 Å². The van der Waals surface area contributed by atoms with Crippen molar-refractivity contribution in [2.75, 3.05) is 0 Å². The van der Waals surface area contributed by atoms with Gasteiger partial charge in [0, 0.05) is 44.0 Å². The van der Waals surface area contributed by atoms with Gasteiger partial charge in [-0.3, -0.25) is 0 Å². The first-order valence-corrected chi connectivity index (χ1v) is 23.4. The summed E-state index contributed by atoms with van der Waals surface area (Å²) < 4.78 is 2.41. The largest absolute Gasteiger partial charge is 0.309 e. The molecule has 67 heavy (non-hydrogen) atoms. The molecule has 0 aliphatic heterocycles. The van der Waals surface area contributed by atoms with Gasteiger partial charge in [0.2, 0.25) is 0 Å². The highest BCUT2D eigenvalue weighted by molar-refractivity contribution is 6.09. The summed E-state index contributed by atoms with van der Waals surface area (Å²) in [5, 5.41) is 2.45. The molecule has 0 spiro atoms. The van der Waals surface area contributed by atoms with E-state index in [-0.39, 0.29) is 10.8 Å². The van der Waals surface area contributed by atoms with Crippen LogP contribution in [0.4, 0.5) is 0 Å². The summed E-state index contributed by atoms with van der Waals surface area (Å²) in [5.74, 6) is 0.681. The van der Waals surface area contributed by atoms with Gasteiger partial charge in [-0.25, -0.2) is 9.97 Å². The Bertz CT molecular complexity index is 3740. The topological polar surface area (TPSA) is 30.7 Å². The normalized spacial score (nSPS) is 13.9. The van der Waals surface area contributed by atoms with Crippen LogP contribution in [0.2, 0.25) is 0 Å². The van der Waals surface area contributed by atoms with Crippen LogP contribution in [0.3, 0.4) is 0 Å². The molecular formula is C64H47N3. The van der Waals surface area contributed by atoms with Gasteiger partial charge in [-0.1, -0.05) is 191 Å². The average molecular weight is 858 g/mol. The molecule has 13 rings (SSSR count). The molecule has 0 unspecified atom stereocenters. The van der Waals surface area contributed by atoms with Gasteiger partial charge in [0.1, 0.15) is 0 Å². The molecule has 3 nitrogen and oxygen atoms in total. The third-order valence-corrected chi connectivity index (χ3v) is 14.8. The van der Waals surface area contributed by atoms with E-state index in [1.807, 2.05) is 0 Å². The van der Waals surface area contributed by atoms with Gasteiger partial charge in [0.15, 0.2) is 5.82 Å². The Labute approximate surface area is 391 Å². The van der Waals surface area contributed by atoms with E-state index in [9.17, 15) is 0 Å². The van der Waals surface area contributed by atoms with E-state index < -0.39 is 0 Å². The minimum Gasteiger partial charge on any atom is -0.309 e. The van der Waals surface area contributed by atoms with Crippen LogP contribution in [-0.2, 0) is 10.8 Å². The molecule has 3 heteroatoms. The van der Waals surface area contributed by atoms with Gasteiger partial charge in [0.05, 0.1) is 22.4 Å². The lowest BCUT2D eigenvalue weighted by molar-refractivity contribution is 0.660. The molecule has 0 amide bonds. The number of aromatic nitrogens is 3. The van der Waals surface area contributed by atoms with Crippen LogP contribution in [-0.4, -0.2) is 14.5 Å². The summed E-state index contributed by atoms with van der Waals surface area (Å²) in [6.45, 7) is 9.39. The van der Waals surface area contributed by atoms with E-state index in [0.717, 1.165) is 55.9 Å². The van der Waals surface area contributed by atoms with Crippen molar-refractivity contribution in [2.45, 2.75) is 38.5 Å². The Morgan fingerprint density at radius 2 is 0.761 bits per heavy atom. The number of benzene rings is 9. The summed E-state index contributed by atoms with van der Waals surface area (Å²) in [7, 11) is 0. The second-order valence-corrected chi connectivity index (χ2v) is 19.4. The standard InChI is InChI=1S/C64H47N3/c1-63(2)54-22-12-8-18-48(54)50-32-30-43(37-56(50)63)45-34-46(36-47(35-45)67-60-24-14-10-20-52(60)53-21-11-15-25-61(53)67)62-65-58(42-28-26-41(27-29-42)40-16-6-5-7-17-40)39-59(66-62)44-31-33-51-49-19-9-13-23-55(49)64(3,4)57(51)38-44/h5-39H,1-4H3. The Morgan fingerprint density at radius 1 is 0.313 bits per heavy atom. The minimum atomic E-state index is -0.148. The fourth-order valence-corrected chi connectivity index (χ4v) is 11.3. The van der Waals surface area contributed by atoms with E-state index >= 15 is 0 Å². The Balaban J connectivity index is 1.04. The predicted octanol–water partition coefficient (Wildman–Crippen LogP) is 16.5. The molecule has 0 fully saturated rings. The minimum absolute atomic E-state index is 0.136. The van der Waals surface area contributed by atoms with Gasteiger partial charge in [0.25, 0.3) is 0 Å².